The normalized spacial score (nSPS) is 14.1. The summed E-state index contributed by atoms with van der Waals surface area (Å²) in [5.74, 6) is 1.85. The predicted molar refractivity (Wildman–Crippen MR) is 158 cm³/mol. The summed E-state index contributed by atoms with van der Waals surface area (Å²) in [4.78, 5) is 19.0. The maximum absolute atomic E-state index is 4.64. The molecule has 0 atom stereocenters. The van der Waals surface area contributed by atoms with Crippen LogP contribution in [0.2, 0.25) is 0 Å². The van der Waals surface area contributed by atoms with E-state index in [1.54, 1.807) is 18.4 Å². The van der Waals surface area contributed by atoms with E-state index in [0.29, 0.717) is 6.04 Å². The maximum atomic E-state index is 4.64. The third kappa shape index (κ3) is 8.75. The van der Waals surface area contributed by atoms with Gasteiger partial charge in [0.15, 0.2) is 0 Å². The van der Waals surface area contributed by atoms with E-state index in [1.165, 1.54) is 11.3 Å². The fourth-order valence-electron chi connectivity index (χ4n) is 3.21. The molecule has 0 bridgehead atoms. The smallest absolute Gasteiger partial charge is 0.144 e. The average molecular weight is 542 g/mol. The summed E-state index contributed by atoms with van der Waals surface area (Å²) < 4.78 is 1.10. The summed E-state index contributed by atoms with van der Waals surface area (Å²) in [6, 6.07) is 0.564. The Labute approximate surface area is 219 Å². The van der Waals surface area contributed by atoms with Crippen molar-refractivity contribution in [1.29, 1.82) is 0 Å². The number of aliphatic imine (C=N–C) groups is 1. The molecule has 0 aliphatic carbocycles. The summed E-state index contributed by atoms with van der Waals surface area (Å²) in [6.45, 7) is 24.7. The Morgan fingerprint density at radius 2 is 1.89 bits per heavy atom. The third-order valence-electron chi connectivity index (χ3n) is 5.27. The van der Waals surface area contributed by atoms with Crippen LogP contribution in [0.25, 0.3) is 11.0 Å². The highest BCUT2D eigenvalue weighted by Gasteiger charge is 2.29. The van der Waals surface area contributed by atoms with Crippen molar-refractivity contribution in [2.75, 3.05) is 25.0 Å². The van der Waals surface area contributed by atoms with Crippen molar-refractivity contribution in [2.45, 2.75) is 54.0 Å². The van der Waals surface area contributed by atoms with E-state index in [-0.39, 0.29) is 0 Å². The number of H-pyrrole nitrogens is 1. The number of likely N-dealkylation sites (N-methyl/N-ethyl adjacent to an activating group) is 1. The van der Waals surface area contributed by atoms with Crippen LogP contribution < -0.4 is 10.2 Å². The van der Waals surface area contributed by atoms with E-state index in [0.717, 1.165) is 57.9 Å². The molecule has 0 saturated carbocycles. The highest BCUT2D eigenvalue weighted by molar-refractivity contribution is 9.10. The van der Waals surface area contributed by atoms with Crippen molar-refractivity contribution < 1.29 is 0 Å². The molecule has 0 spiro atoms. The van der Waals surface area contributed by atoms with Crippen LogP contribution in [0.3, 0.4) is 0 Å². The zero-order valence-electron chi connectivity index (χ0n) is 22.4. The van der Waals surface area contributed by atoms with Gasteiger partial charge in [-0.15, -0.1) is 6.58 Å². The van der Waals surface area contributed by atoms with Crippen LogP contribution in [0.5, 0.6) is 0 Å². The Morgan fingerprint density at radius 3 is 2.37 bits per heavy atom. The Balaban J connectivity index is 0.000000336. The molecular formula is C28H41BrN6. The van der Waals surface area contributed by atoms with Gasteiger partial charge in [-0.2, -0.15) is 0 Å². The molecule has 3 rings (SSSR count). The summed E-state index contributed by atoms with van der Waals surface area (Å²) in [5.41, 5.74) is 5.15. The van der Waals surface area contributed by atoms with Gasteiger partial charge in [-0.25, -0.2) is 9.97 Å². The second-order valence-corrected chi connectivity index (χ2v) is 9.04. The second-order valence-electron chi connectivity index (χ2n) is 8.24. The topological polar surface area (TPSA) is 69.2 Å². The monoisotopic (exact) mass is 540 g/mol. The molecule has 1 fully saturated rings. The van der Waals surface area contributed by atoms with Gasteiger partial charge in [-0.1, -0.05) is 43.9 Å². The van der Waals surface area contributed by atoms with Crippen molar-refractivity contribution in [3.63, 3.8) is 0 Å². The molecule has 6 nitrogen and oxygen atoms in total. The number of allylic oxidation sites excluding steroid dienone is 6. The molecule has 3 heterocycles. The molecule has 2 aromatic rings. The molecule has 2 N–H and O–H groups in total. The van der Waals surface area contributed by atoms with E-state index in [9.17, 15) is 0 Å². The molecule has 35 heavy (non-hydrogen) atoms. The molecule has 190 valence electrons. The van der Waals surface area contributed by atoms with Crippen LogP contribution in [0.4, 0.5) is 5.82 Å². The molecular weight excluding hydrogens is 500 g/mol. The molecule has 0 aromatic carbocycles. The van der Waals surface area contributed by atoms with Gasteiger partial charge in [-0.05, 0) is 75.7 Å². The number of rotatable bonds is 7. The summed E-state index contributed by atoms with van der Waals surface area (Å²) in [7, 11) is 2.00. The van der Waals surface area contributed by atoms with Gasteiger partial charge in [-0.3, -0.25) is 4.99 Å². The number of hydrogen-bond acceptors (Lipinski definition) is 5. The number of anilines is 1. The predicted octanol–water partition coefficient (Wildman–Crippen LogP) is 6.86. The lowest BCUT2D eigenvalue weighted by Crippen LogP contribution is -2.57. The highest BCUT2D eigenvalue weighted by Crippen LogP contribution is 2.35. The zero-order chi connectivity index (χ0) is 26.5. The number of aromatic nitrogens is 3. The molecule has 0 radical (unpaired) electrons. The molecule has 1 saturated heterocycles. The molecule has 0 unspecified atom stereocenters. The van der Waals surface area contributed by atoms with Crippen LogP contribution >= 0.6 is 15.9 Å². The van der Waals surface area contributed by atoms with Crippen LogP contribution in [-0.4, -0.2) is 47.3 Å². The van der Waals surface area contributed by atoms with Gasteiger partial charge in [0.05, 0.1) is 15.6 Å². The lowest BCUT2D eigenvalue weighted by atomic mass is 10.1. The maximum Gasteiger partial charge on any atom is 0.144 e. The van der Waals surface area contributed by atoms with Crippen LogP contribution in [-0.2, 0) is 6.42 Å². The number of nitrogens with one attached hydrogen (secondary N) is 2. The number of aryl methyl sites for hydroxylation is 2. The van der Waals surface area contributed by atoms with Gasteiger partial charge in [0.1, 0.15) is 17.3 Å². The second kappa shape index (κ2) is 15.3. The quantitative estimate of drug-likeness (QED) is 0.228. The van der Waals surface area contributed by atoms with Crippen molar-refractivity contribution in [3.8, 4) is 0 Å². The first-order valence-electron chi connectivity index (χ1n) is 11.9. The highest BCUT2D eigenvalue weighted by atomic mass is 79.9. The van der Waals surface area contributed by atoms with Gasteiger partial charge in [0.25, 0.3) is 0 Å². The first kappa shape index (κ1) is 30.3. The summed E-state index contributed by atoms with van der Waals surface area (Å²) in [6.07, 6.45) is 10.1. The van der Waals surface area contributed by atoms with Crippen LogP contribution in [0.15, 0.2) is 70.3 Å². The lowest BCUT2D eigenvalue weighted by Gasteiger charge is -2.40. The van der Waals surface area contributed by atoms with Crippen LogP contribution in [0.1, 0.15) is 46.1 Å². The number of hydrogen-bond donors (Lipinski definition) is 2. The minimum atomic E-state index is 0.564. The number of aromatic amines is 1. The minimum Gasteiger partial charge on any atom is -0.353 e. The first-order chi connectivity index (χ1) is 16.7. The van der Waals surface area contributed by atoms with E-state index < -0.39 is 0 Å². The van der Waals surface area contributed by atoms with Gasteiger partial charge < -0.3 is 15.2 Å². The molecule has 7 heteroatoms. The van der Waals surface area contributed by atoms with Crippen molar-refractivity contribution in [1.82, 2.24) is 20.3 Å². The molecule has 0 amide bonds. The number of nitrogens with zero attached hydrogens (tertiary/aromatic N) is 4. The van der Waals surface area contributed by atoms with Gasteiger partial charge >= 0.3 is 0 Å². The fraction of sp³-hybridized carbons (Fsp3) is 0.393. The zero-order valence-corrected chi connectivity index (χ0v) is 24.0. The SMILES string of the molecule is C=CC.C=CC=N/C(=C/C(C)=C\C)C(=C)C.CCc1[nH]c2nc(C)nc(N3CC(NC)C3)c2c1Br. The van der Waals surface area contributed by atoms with Crippen molar-refractivity contribution >= 4 is 39.0 Å². The molecule has 2 aromatic heterocycles. The van der Waals surface area contributed by atoms with Crippen LogP contribution in [0, 0.1) is 6.92 Å². The van der Waals surface area contributed by atoms with Gasteiger partial charge in [0.2, 0.25) is 0 Å². The van der Waals surface area contributed by atoms with E-state index >= 15 is 0 Å². The summed E-state index contributed by atoms with van der Waals surface area (Å²) in [5, 5.41) is 4.40. The van der Waals surface area contributed by atoms with Gasteiger partial charge in [0, 0.05) is 31.0 Å². The third-order valence-corrected chi connectivity index (χ3v) is 6.15. The van der Waals surface area contributed by atoms with E-state index in [4.69, 9.17) is 0 Å². The summed E-state index contributed by atoms with van der Waals surface area (Å²) >= 11 is 3.69. The fourth-order valence-corrected chi connectivity index (χ4v) is 3.95. The van der Waals surface area contributed by atoms with Crippen molar-refractivity contribution in [3.05, 3.63) is 76.9 Å². The Kier molecular flexibility index (Phi) is 13.2. The Hall–Kier alpha value is -2.77. The standard InChI is InChI=1S/C13H18BrN5.C12H17N.C3H6/c1-4-9-11(14)10-12(18-9)16-7(2)17-13(10)19-5-8(6-19)15-3;1-6-8-13-12(10(3)4)9-11(5)7-2;1-3-2/h8,15H,4-6H2,1-3H3,(H,16,17,18);6-9H,1,3H2,2,4-5H3;3H,1H2,2H3/b;11-7-,12-9+,13-8?;. The number of fused-ring (bicyclic) bond motifs is 1. The Bertz CT molecular complexity index is 1100. The van der Waals surface area contributed by atoms with E-state index in [1.807, 2.05) is 53.8 Å². The lowest BCUT2D eigenvalue weighted by molar-refractivity contribution is 0.448. The first-order valence-corrected chi connectivity index (χ1v) is 12.7. The largest absolute Gasteiger partial charge is 0.353 e. The minimum absolute atomic E-state index is 0.564. The average Bonchev–Trinajstić information content (AvgIpc) is 3.11. The number of halogens is 1. The Morgan fingerprint density at radius 1 is 1.26 bits per heavy atom. The molecule has 1 aliphatic heterocycles. The van der Waals surface area contributed by atoms with E-state index in [2.05, 4.69) is 72.8 Å². The molecule has 1 aliphatic rings. The van der Waals surface area contributed by atoms with Crippen molar-refractivity contribution in [2.24, 2.45) is 4.99 Å².